The first kappa shape index (κ1) is 13.5. The summed E-state index contributed by atoms with van der Waals surface area (Å²) in [5.41, 5.74) is 1.61. The van der Waals surface area contributed by atoms with Crippen molar-refractivity contribution in [3.8, 4) is 0 Å². The molecule has 3 saturated heterocycles. The molecule has 7 nitrogen and oxygen atoms in total. The highest BCUT2D eigenvalue weighted by atomic mass is 16.2. The van der Waals surface area contributed by atoms with Crippen molar-refractivity contribution in [3.63, 3.8) is 0 Å². The van der Waals surface area contributed by atoms with E-state index in [4.69, 9.17) is 0 Å². The van der Waals surface area contributed by atoms with Crippen LogP contribution in [0.4, 0.5) is 0 Å². The first-order valence-electron chi connectivity index (χ1n) is 7.72. The van der Waals surface area contributed by atoms with Crippen LogP contribution in [0.3, 0.4) is 0 Å². The van der Waals surface area contributed by atoms with Gasteiger partial charge in [-0.25, -0.2) is 9.50 Å². The Morgan fingerprint density at radius 2 is 2.23 bits per heavy atom. The van der Waals surface area contributed by atoms with Crippen LogP contribution in [-0.4, -0.2) is 51.1 Å². The molecule has 0 radical (unpaired) electrons. The molecule has 0 saturated carbocycles. The molecule has 2 bridgehead atoms. The topological polar surface area (TPSA) is 82.5 Å². The smallest absolute Gasteiger partial charge is 0.266 e. The number of hydrogen-bond acceptors (Lipinski definition) is 4. The summed E-state index contributed by atoms with van der Waals surface area (Å²) in [5.74, 6) is 0.535. The van der Waals surface area contributed by atoms with Gasteiger partial charge in [-0.2, -0.15) is 0 Å². The number of fused-ring (bicyclic) bond motifs is 5. The number of aromatic nitrogens is 3. The minimum atomic E-state index is -0.211. The maximum atomic E-state index is 12.9. The molecule has 2 atom stereocenters. The molecule has 3 aliphatic rings. The van der Waals surface area contributed by atoms with Crippen molar-refractivity contribution in [2.24, 2.45) is 5.92 Å². The molecule has 2 aromatic rings. The van der Waals surface area contributed by atoms with Crippen LogP contribution in [0.15, 0.2) is 17.1 Å². The van der Waals surface area contributed by atoms with E-state index in [1.807, 2.05) is 11.8 Å². The van der Waals surface area contributed by atoms with E-state index in [0.717, 1.165) is 31.7 Å². The number of hydrogen-bond donors (Lipinski definition) is 2. The highest BCUT2D eigenvalue weighted by Crippen LogP contribution is 2.23. The Morgan fingerprint density at radius 3 is 3.00 bits per heavy atom. The molecule has 3 aliphatic heterocycles. The van der Waals surface area contributed by atoms with E-state index in [1.165, 1.54) is 12.5 Å². The van der Waals surface area contributed by atoms with Gasteiger partial charge >= 0.3 is 0 Å². The minimum Gasteiger partial charge on any atom is -0.337 e. The van der Waals surface area contributed by atoms with Gasteiger partial charge in [0.2, 0.25) is 0 Å². The molecule has 2 N–H and O–H groups in total. The van der Waals surface area contributed by atoms with Crippen LogP contribution < -0.4 is 10.9 Å². The summed E-state index contributed by atoms with van der Waals surface area (Å²) in [7, 11) is 0. The largest absolute Gasteiger partial charge is 0.337 e. The van der Waals surface area contributed by atoms with Crippen molar-refractivity contribution in [1.82, 2.24) is 24.8 Å². The monoisotopic (exact) mass is 301 g/mol. The van der Waals surface area contributed by atoms with Crippen LogP contribution in [0.5, 0.6) is 0 Å². The fourth-order valence-electron chi connectivity index (χ4n) is 3.56. The molecule has 5 heterocycles. The van der Waals surface area contributed by atoms with E-state index in [1.54, 1.807) is 10.7 Å². The Kier molecular flexibility index (Phi) is 3.04. The standard InChI is InChI=1S/C15H19N5O2/c1-9-12(6-17-13-4-14(21)18-20(9)13)15(22)19-7-10-2-3-11(8-19)16-5-10/h4,6,10-11,16H,2-3,5,7-8H2,1H3,(H,18,21)/t10-,11-/m0/s1. The predicted molar refractivity (Wildman–Crippen MR) is 81.0 cm³/mol. The number of carbonyl (C=O) groups excluding carboxylic acids is 1. The Labute approximate surface area is 127 Å². The Bertz CT molecular complexity index is 771. The van der Waals surface area contributed by atoms with Crippen molar-refractivity contribution in [3.05, 3.63) is 33.9 Å². The summed E-state index contributed by atoms with van der Waals surface area (Å²) in [6, 6.07) is 1.82. The van der Waals surface area contributed by atoms with Gasteiger partial charge in [0.05, 0.1) is 11.3 Å². The molecule has 1 amide bonds. The first-order valence-corrected chi connectivity index (χ1v) is 7.72. The number of carbonyl (C=O) groups is 1. The van der Waals surface area contributed by atoms with E-state index in [2.05, 4.69) is 15.4 Å². The van der Waals surface area contributed by atoms with Crippen LogP contribution >= 0.6 is 0 Å². The molecule has 5 rings (SSSR count). The van der Waals surface area contributed by atoms with Crippen LogP contribution in [0, 0.1) is 12.8 Å². The number of amides is 1. The van der Waals surface area contributed by atoms with E-state index in [0.29, 0.717) is 23.2 Å². The van der Waals surface area contributed by atoms with Crippen molar-refractivity contribution in [2.75, 3.05) is 19.6 Å². The fourth-order valence-corrected chi connectivity index (χ4v) is 3.56. The number of aromatic amines is 1. The number of aryl methyl sites for hydroxylation is 1. The zero-order chi connectivity index (χ0) is 15.3. The summed E-state index contributed by atoms with van der Waals surface area (Å²) >= 11 is 0. The zero-order valence-electron chi connectivity index (χ0n) is 12.5. The fraction of sp³-hybridized carbons (Fsp3) is 0.533. The quantitative estimate of drug-likeness (QED) is 0.786. The highest BCUT2D eigenvalue weighted by Gasteiger charge is 2.32. The lowest BCUT2D eigenvalue weighted by molar-refractivity contribution is 0.0747. The normalized spacial score (nSPS) is 24.7. The number of piperidine rings is 1. The lowest BCUT2D eigenvalue weighted by atomic mass is 9.97. The number of nitrogens with zero attached hydrogens (tertiary/aromatic N) is 3. The first-order chi connectivity index (χ1) is 10.6. The third-order valence-electron chi connectivity index (χ3n) is 4.82. The van der Waals surface area contributed by atoms with E-state index in [-0.39, 0.29) is 11.5 Å². The van der Waals surface area contributed by atoms with Gasteiger partial charge in [-0.15, -0.1) is 0 Å². The maximum absolute atomic E-state index is 12.9. The van der Waals surface area contributed by atoms with Gasteiger partial charge in [0.1, 0.15) is 0 Å². The summed E-state index contributed by atoms with van der Waals surface area (Å²) < 4.78 is 1.58. The average Bonchev–Trinajstić information content (AvgIpc) is 2.69. The molecular formula is C15H19N5O2. The van der Waals surface area contributed by atoms with Crippen LogP contribution in [0.2, 0.25) is 0 Å². The number of rotatable bonds is 1. The zero-order valence-corrected chi connectivity index (χ0v) is 12.5. The Hall–Kier alpha value is -2.15. The van der Waals surface area contributed by atoms with Gasteiger partial charge < -0.3 is 10.2 Å². The maximum Gasteiger partial charge on any atom is 0.266 e. The Balaban J connectivity index is 1.70. The summed E-state index contributed by atoms with van der Waals surface area (Å²) in [5, 5.41) is 6.19. The predicted octanol–water partition coefficient (Wildman–Crippen LogP) is 0.155. The van der Waals surface area contributed by atoms with Crippen LogP contribution in [0.1, 0.15) is 28.9 Å². The average molecular weight is 301 g/mol. The highest BCUT2D eigenvalue weighted by molar-refractivity contribution is 5.95. The lowest BCUT2D eigenvalue weighted by Crippen LogP contribution is -2.40. The van der Waals surface area contributed by atoms with Gasteiger partial charge in [0.15, 0.2) is 5.65 Å². The van der Waals surface area contributed by atoms with Crippen molar-refractivity contribution in [1.29, 1.82) is 0 Å². The van der Waals surface area contributed by atoms with Crippen molar-refractivity contribution < 1.29 is 4.79 Å². The van der Waals surface area contributed by atoms with Gasteiger partial charge in [-0.1, -0.05) is 0 Å². The van der Waals surface area contributed by atoms with Gasteiger partial charge in [-0.05, 0) is 32.2 Å². The van der Waals surface area contributed by atoms with Crippen LogP contribution in [0.25, 0.3) is 5.65 Å². The van der Waals surface area contributed by atoms with Gasteiger partial charge in [0, 0.05) is 31.4 Å². The summed E-state index contributed by atoms with van der Waals surface area (Å²) in [4.78, 5) is 30.5. The Morgan fingerprint density at radius 1 is 1.36 bits per heavy atom. The molecule has 7 heteroatoms. The molecule has 116 valence electrons. The molecule has 22 heavy (non-hydrogen) atoms. The molecular weight excluding hydrogens is 282 g/mol. The third kappa shape index (κ3) is 2.12. The minimum absolute atomic E-state index is 0.00190. The van der Waals surface area contributed by atoms with Crippen LogP contribution in [-0.2, 0) is 0 Å². The molecule has 0 aromatic carbocycles. The second kappa shape index (κ2) is 4.95. The van der Waals surface area contributed by atoms with Gasteiger partial charge in [0.25, 0.3) is 11.5 Å². The molecule has 2 aromatic heterocycles. The molecule has 0 unspecified atom stereocenters. The lowest BCUT2D eigenvalue weighted by Gasteiger charge is -2.23. The summed E-state index contributed by atoms with van der Waals surface area (Å²) in [6.45, 7) is 4.37. The number of nitrogens with one attached hydrogen (secondary N) is 2. The number of H-pyrrole nitrogens is 1. The SMILES string of the molecule is Cc1c(C(=O)N2C[C@H]3CC[C@@H](C2)NC3)cnc2cc(=O)[nH]n12. The molecule has 0 spiro atoms. The van der Waals surface area contributed by atoms with E-state index >= 15 is 0 Å². The van der Waals surface area contributed by atoms with E-state index in [9.17, 15) is 9.59 Å². The molecule has 0 aliphatic carbocycles. The van der Waals surface area contributed by atoms with Crippen molar-refractivity contribution in [2.45, 2.75) is 25.8 Å². The summed E-state index contributed by atoms with van der Waals surface area (Å²) in [6.07, 6.45) is 3.90. The van der Waals surface area contributed by atoms with Crippen molar-refractivity contribution >= 4 is 11.6 Å². The third-order valence-corrected chi connectivity index (χ3v) is 4.82. The second-order valence-corrected chi connectivity index (χ2v) is 6.33. The molecule has 3 fully saturated rings. The van der Waals surface area contributed by atoms with Gasteiger partial charge in [-0.3, -0.25) is 14.7 Å². The van der Waals surface area contributed by atoms with E-state index < -0.39 is 0 Å². The second-order valence-electron chi connectivity index (χ2n) is 6.33.